The van der Waals surface area contributed by atoms with Crippen molar-refractivity contribution in [3.8, 4) is 0 Å². The molecule has 5 aliphatic carbocycles. The lowest BCUT2D eigenvalue weighted by molar-refractivity contribution is -0.128. The topological polar surface area (TPSA) is 101 Å². The van der Waals surface area contributed by atoms with Gasteiger partial charge >= 0.3 is 0 Å². The van der Waals surface area contributed by atoms with Crippen LogP contribution in [0.1, 0.15) is 20.3 Å². The second-order valence-electron chi connectivity index (χ2n) is 9.01. The Morgan fingerprint density at radius 3 is 2.52 bits per heavy atom. The fourth-order valence-corrected chi connectivity index (χ4v) is 6.76. The first kappa shape index (κ1) is 17.0. The molecule has 0 radical (unpaired) electrons. The van der Waals surface area contributed by atoms with Crippen LogP contribution < -0.4 is 5.73 Å². The maximum absolute atomic E-state index is 13.4. The first-order chi connectivity index (χ1) is 12.8. The molecule has 2 bridgehead atoms. The normalized spacial score (nSPS) is 47.2. The SMILES string of the molecule is CC1C(O)=C(C(N)=O)C=C2C=C3C(=O)C4C5C=CC(C5)C4C(C)C3C(O)C21. The zero-order valence-electron chi connectivity index (χ0n) is 15.5. The van der Waals surface area contributed by atoms with E-state index in [4.69, 9.17) is 5.73 Å². The highest BCUT2D eigenvalue weighted by Crippen LogP contribution is 2.60. The van der Waals surface area contributed by atoms with Gasteiger partial charge in [-0.05, 0) is 41.7 Å². The molecule has 0 aromatic rings. The van der Waals surface area contributed by atoms with Gasteiger partial charge in [0, 0.05) is 29.2 Å². The van der Waals surface area contributed by atoms with E-state index in [-0.39, 0.29) is 40.8 Å². The number of ketones is 1. The highest BCUT2D eigenvalue weighted by molar-refractivity contribution is 6.01. The number of rotatable bonds is 1. The first-order valence-electron chi connectivity index (χ1n) is 9.88. The van der Waals surface area contributed by atoms with Gasteiger partial charge in [0.1, 0.15) is 5.76 Å². The third kappa shape index (κ3) is 2.03. The van der Waals surface area contributed by atoms with E-state index >= 15 is 0 Å². The largest absolute Gasteiger partial charge is 0.511 e. The van der Waals surface area contributed by atoms with Crippen molar-refractivity contribution in [3.05, 3.63) is 46.8 Å². The summed E-state index contributed by atoms with van der Waals surface area (Å²) >= 11 is 0. The number of Topliss-reactive ketones (excluding diaryl/α,β-unsaturated/α-hetero) is 1. The van der Waals surface area contributed by atoms with Crippen LogP contribution >= 0.6 is 0 Å². The number of aliphatic hydroxyl groups is 2. The zero-order chi connectivity index (χ0) is 19.2. The van der Waals surface area contributed by atoms with Crippen LogP contribution in [0.5, 0.6) is 0 Å². The lowest BCUT2D eigenvalue weighted by Gasteiger charge is -2.50. The molecule has 0 saturated heterocycles. The molecule has 142 valence electrons. The van der Waals surface area contributed by atoms with E-state index in [0.29, 0.717) is 23.3 Å². The van der Waals surface area contributed by atoms with Gasteiger partial charge in [-0.1, -0.05) is 32.1 Å². The molecule has 9 atom stereocenters. The van der Waals surface area contributed by atoms with E-state index < -0.39 is 17.9 Å². The molecular weight excluding hydrogens is 342 g/mol. The Morgan fingerprint density at radius 2 is 1.81 bits per heavy atom. The minimum Gasteiger partial charge on any atom is -0.511 e. The van der Waals surface area contributed by atoms with Gasteiger partial charge in [-0.15, -0.1) is 0 Å². The molecule has 5 nitrogen and oxygen atoms in total. The molecule has 9 unspecified atom stereocenters. The summed E-state index contributed by atoms with van der Waals surface area (Å²) in [6.07, 6.45) is 8.15. The van der Waals surface area contributed by atoms with Crippen molar-refractivity contribution in [1.29, 1.82) is 0 Å². The number of nitrogens with two attached hydrogens (primary N) is 1. The maximum Gasteiger partial charge on any atom is 0.252 e. The Bertz CT molecular complexity index is 879. The molecular formula is C22H25NO4. The first-order valence-corrected chi connectivity index (χ1v) is 9.88. The summed E-state index contributed by atoms with van der Waals surface area (Å²) in [5.41, 5.74) is 6.91. The van der Waals surface area contributed by atoms with Crippen LogP contribution in [0.4, 0.5) is 0 Å². The average molecular weight is 367 g/mol. The third-order valence-electron chi connectivity index (χ3n) is 7.91. The van der Waals surface area contributed by atoms with Gasteiger partial charge in [-0.3, -0.25) is 9.59 Å². The molecule has 5 heteroatoms. The van der Waals surface area contributed by atoms with E-state index in [1.165, 1.54) is 0 Å². The molecule has 1 amide bonds. The number of hydrogen-bond acceptors (Lipinski definition) is 4. The van der Waals surface area contributed by atoms with Gasteiger partial charge in [-0.25, -0.2) is 0 Å². The lowest BCUT2D eigenvalue weighted by atomic mass is 9.55. The summed E-state index contributed by atoms with van der Waals surface area (Å²) in [6, 6.07) is 0. The van der Waals surface area contributed by atoms with Crippen LogP contribution in [-0.4, -0.2) is 28.0 Å². The Kier molecular flexibility index (Phi) is 3.43. The standard InChI is InChI=1S/C22H25NO4/c1-8-15-10-3-4-11(5-10)18(15)20(25)13-6-12-7-14(22(23)27)19(24)9(2)16(12)21(26)17(8)13/h3-4,6-11,15-18,21,24,26H,5H2,1-2H3,(H2,23,27). The summed E-state index contributed by atoms with van der Waals surface area (Å²) < 4.78 is 0. The number of fused-ring (bicyclic) bond motifs is 7. The molecule has 0 aromatic carbocycles. The summed E-state index contributed by atoms with van der Waals surface area (Å²) in [6.45, 7) is 3.96. The third-order valence-corrected chi connectivity index (χ3v) is 7.91. The van der Waals surface area contributed by atoms with Gasteiger partial charge in [0.05, 0.1) is 11.7 Å². The average Bonchev–Trinajstić information content (AvgIpc) is 3.23. The van der Waals surface area contributed by atoms with Crippen LogP contribution in [0.25, 0.3) is 0 Å². The lowest BCUT2D eigenvalue weighted by Crippen LogP contribution is -2.52. The molecule has 0 aliphatic heterocycles. The van der Waals surface area contributed by atoms with Gasteiger partial charge < -0.3 is 15.9 Å². The summed E-state index contributed by atoms with van der Waals surface area (Å²) in [4.78, 5) is 25.1. The van der Waals surface area contributed by atoms with Crippen LogP contribution in [-0.2, 0) is 9.59 Å². The van der Waals surface area contributed by atoms with Gasteiger partial charge in [0.2, 0.25) is 0 Å². The van der Waals surface area contributed by atoms with Crippen molar-refractivity contribution in [2.75, 3.05) is 0 Å². The highest BCUT2D eigenvalue weighted by Gasteiger charge is 2.59. The van der Waals surface area contributed by atoms with Crippen molar-refractivity contribution in [2.45, 2.75) is 26.4 Å². The van der Waals surface area contributed by atoms with Gasteiger partial charge in [0.15, 0.2) is 5.78 Å². The number of primary amides is 1. The second-order valence-corrected chi connectivity index (χ2v) is 9.01. The van der Waals surface area contributed by atoms with E-state index in [9.17, 15) is 19.8 Å². The van der Waals surface area contributed by atoms with Crippen LogP contribution in [0.3, 0.4) is 0 Å². The number of hydrogen-bond donors (Lipinski definition) is 3. The number of aliphatic hydroxyl groups excluding tert-OH is 2. The van der Waals surface area contributed by atoms with Crippen LogP contribution in [0.2, 0.25) is 0 Å². The van der Waals surface area contributed by atoms with E-state index in [2.05, 4.69) is 19.1 Å². The predicted molar refractivity (Wildman–Crippen MR) is 99.1 cm³/mol. The Labute approximate surface area is 158 Å². The molecule has 0 spiro atoms. The van der Waals surface area contributed by atoms with Crippen molar-refractivity contribution >= 4 is 11.7 Å². The smallest absolute Gasteiger partial charge is 0.252 e. The number of carbonyl (C=O) groups excluding carboxylic acids is 2. The Balaban J connectivity index is 1.63. The maximum atomic E-state index is 13.4. The zero-order valence-corrected chi connectivity index (χ0v) is 15.5. The summed E-state index contributed by atoms with van der Waals surface area (Å²) in [7, 11) is 0. The fraction of sp³-hybridized carbons (Fsp3) is 0.545. The highest BCUT2D eigenvalue weighted by atomic mass is 16.3. The molecule has 2 saturated carbocycles. The van der Waals surface area contributed by atoms with Crippen molar-refractivity contribution < 1.29 is 19.8 Å². The second kappa shape index (κ2) is 5.44. The van der Waals surface area contributed by atoms with E-state index in [1.807, 2.05) is 6.08 Å². The van der Waals surface area contributed by atoms with E-state index in [0.717, 1.165) is 12.0 Å². The molecule has 27 heavy (non-hydrogen) atoms. The monoisotopic (exact) mass is 367 g/mol. The van der Waals surface area contributed by atoms with Crippen LogP contribution in [0.15, 0.2) is 46.8 Å². The van der Waals surface area contributed by atoms with Gasteiger partial charge in [0.25, 0.3) is 5.91 Å². The molecule has 5 rings (SSSR count). The molecule has 0 aromatic heterocycles. The predicted octanol–water partition coefficient (Wildman–Crippen LogP) is 2.05. The number of allylic oxidation sites excluding steroid dienone is 4. The molecule has 0 heterocycles. The Morgan fingerprint density at radius 1 is 1.11 bits per heavy atom. The van der Waals surface area contributed by atoms with Crippen molar-refractivity contribution in [3.63, 3.8) is 0 Å². The quantitative estimate of drug-likeness (QED) is 0.618. The van der Waals surface area contributed by atoms with Crippen LogP contribution in [0, 0.1) is 47.3 Å². The number of carbonyl (C=O) groups is 2. The summed E-state index contributed by atoms with van der Waals surface area (Å²) in [5.74, 6) is -0.316. The van der Waals surface area contributed by atoms with Crippen molar-refractivity contribution in [2.24, 2.45) is 53.1 Å². The molecule has 5 aliphatic rings. The summed E-state index contributed by atoms with van der Waals surface area (Å²) in [5, 5.41) is 21.7. The minimum absolute atomic E-state index is 0.0161. The fourth-order valence-electron chi connectivity index (χ4n) is 6.76. The Hall–Kier alpha value is -2.14. The van der Waals surface area contributed by atoms with Gasteiger partial charge in [-0.2, -0.15) is 0 Å². The van der Waals surface area contributed by atoms with Crippen molar-refractivity contribution in [1.82, 2.24) is 0 Å². The number of amides is 1. The minimum atomic E-state index is -0.758. The van der Waals surface area contributed by atoms with E-state index in [1.54, 1.807) is 13.0 Å². The molecule has 2 fully saturated rings. The molecule has 4 N–H and O–H groups in total.